The number of rotatable bonds is 7. The first-order valence-corrected chi connectivity index (χ1v) is 11.3. The zero-order valence-corrected chi connectivity index (χ0v) is 17.7. The second-order valence-electron chi connectivity index (χ2n) is 8.71. The summed E-state index contributed by atoms with van der Waals surface area (Å²) < 4.78 is 6.04. The number of nitrogens with two attached hydrogens (primary N) is 1. The quantitative estimate of drug-likeness (QED) is 0.658. The molecule has 0 aromatic carbocycles. The Balaban J connectivity index is 1.36. The van der Waals surface area contributed by atoms with Crippen molar-refractivity contribution in [2.45, 2.75) is 82.9 Å². The fourth-order valence-electron chi connectivity index (χ4n) is 4.17. The van der Waals surface area contributed by atoms with Gasteiger partial charge in [0.2, 0.25) is 5.88 Å². The van der Waals surface area contributed by atoms with Gasteiger partial charge in [0.05, 0.1) is 0 Å². The lowest BCUT2D eigenvalue weighted by atomic mass is 9.91. The standard InChI is InChI=1S/C20H28N4O4S/c1-10(2)9-14-19(26)24(20(27)22-14)12-5-7-13(8-6-12)28-17-15(16(21)25)29-18(23-17)11-3-4-11/h10-14H,3-9H2,1-2H3,(H2,21,25)(H,22,27). The lowest BCUT2D eigenvalue weighted by Gasteiger charge is -2.32. The smallest absolute Gasteiger partial charge is 0.325 e. The van der Waals surface area contributed by atoms with Crippen molar-refractivity contribution < 1.29 is 19.1 Å². The van der Waals surface area contributed by atoms with Crippen LogP contribution in [0.15, 0.2) is 0 Å². The van der Waals surface area contributed by atoms with Gasteiger partial charge in [-0.2, -0.15) is 0 Å². The summed E-state index contributed by atoms with van der Waals surface area (Å²) in [6.45, 7) is 4.08. The van der Waals surface area contributed by atoms with Gasteiger partial charge >= 0.3 is 6.03 Å². The van der Waals surface area contributed by atoms with Crippen LogP contribution < -0.4 is 15.8 Å². The predicted molar refractivity (Wildman–Crippen MR) is 108 cm³/mol. The first kappa shape index (κ1) is 20.1. The van der Waals surface area contributed by atoms with E-state index in [1.807, 2.05) is 13.8 Å². The van der Waals surface area contributed by atoms with E-state index in [1.165, 1.54) is 16.2 Å². The zero-order chi connectivity index (χ0) is 20.7. The van der Waals surface area contributed by atoms with E-state index in [1.54, 1.807) is 0 Å². The molecule has 8 nitrogen and oxygen atoms in total. The van der Waals surface area contributed by atoms with E-state index >= 15 is 0 Å². The van der Waals surface area contributed by atoms with Gasteiger partial charge in [-0.15, -0.1) is 11.3 Å². The molecule has 1 unspecified atom stereocenters. The molecule has 3 aliphatic rings. The van der Waals surface area contributed by atoms with Gasteiger partial charge in [0.15, 0.2) is 4.88 Å². The van der Waals surface area contributed by atoms with Crippen molar-refractivity contribution in [2.75, 3.05) is 0 Å². The van der Waals surface area contributed by atoms with E-state index in [0.29, 0.717) is 54.7 Å². The van der Waals surface area contributed by atoms with Gasteiger partial charge in [-0.1, -0.05) is 13.8 Å². The number of thiazole rings is 1. The maximum atomic E-state index is 12.7. The Bertz CT molecular complexity index is 811. The number of amides is 4. The summed E-state index contributed by atoms with van der Waals surface area (Å²) in [5.41, 5.74) is 5.50. The number of hydrogen-bond donors (Lipinski definition) is 2. The molecule has 3 fully saturated rings. The third-order valence-electron chi connectivity index (χ3n) is 5.81. The van der Waals surface area contributed by atoms with Crippen LogP contribution in [-0.4, -0.2) is 45.9 Å². The first-order chi connectivity index (χ1) is 13.8. The average molecular weight is 421 g/mol. The molecular formula is C20H28N4O4S. The van der Waals surface area contributed by atoms with Crippen molar-refractivity contribution in [3.63, 3.8) is 0 Å². The number of carbonyl (C=O) groups is 3. The second-order valence-corrected chi connectivity index (χ2v) is 9.74. The van der Waals surface area contributed by atoms with Crippen molar-refractivity contribution >= 4 is 29.2 Å². The van der Waals surface area contributed by atoms with Crippen LogP contribution in [0.3, 0.4) is 0 Å². The normalized spacial score (nSPS) is 27.4. The topological polar surface area (TPSA) is 115 Å². The van der Waals surface area contributed by atoms with Crippen LogP contribution >= 0.6 is 11.3 Å². The van der Waals surface area contributed by atoms with E-state index in [0.717, 1.165) is 17.8 Å². The second kappa shape index (κ2) is 7.93. The molecule has 9 heteroatoms. The van der Waals surface area contributed by atoms with Crippen molar-refractivity contribution in [1.82, 2.24) is 15.2 Å². The fourth-order valence-corrected chi connectivity index (χ4v) is 5.19. The highest BCUT2D eigenvalue weighted by Gasteiger charge is 2.43. The minimum atomic E-state index is -0.506. The summed E-state index contributed by atoms with van der Waals surface area (Å²) >= 11 is 1.34. The third-order valence-corrected chi connectivity index (χ3v) is 7.02. The lowest BCUT2D eigenvalue weighted by Crippen LogP contribution is -2.44. The molecule has 4 amide bonds. The minimum absolute atomic E-state index is 0.0919. The van der Waals surface area contributed by atoms with Crippen LogP contribution in [-0.2, 0) is 4.79 Å². The molecule has 0 spiro atoms. The number of carbonyl (C=O) groups excluding carboxylic acids is 3. The van der Waals surface area contributed by atoms with Crippen molar-refractivity contribution in [1.29, 1.82) is 0 Å². The van der Waals surface area contributed by atoms with Gasteiger partial charge in [0, 0.05) is 12.0 Å². The molecule has 1 aromatic rings. The van der Waals surface area contributed by atoms with Gasteiger partial charge in [-0.05, 0) is 50.9 Å². The highest BCUT2D eigenvalue weighted by molar-refractivity contribution is 7.14. The molecule has 4 rings (SSSR count). The monoisotopic (exact) mass is 420 g/mol. The number of hydrogen-bond acceptors (Lipinski definition) is 6. The SMILES string of the molecule is CC(C)CC1NC(=O)N(C2CCC(Oc3nc(C4CC4)sc3C(N)=O)CC2)C1=O. The van der Waals surface area contributed by atoms with E-state index in [-0.39, 0.29) is 24.1 Å². The number of aromatic nitrogens is 1. The Morgan fingerprint density at radius 2 is 1.93 bits per heavy atom. The third kappa shape index (κ3) is 4.24. The van der Waals surface area contributed by atoms with Crippen molar-refractivity contribution in [3.05, 3.63) is 9.88 Å². The first-order valence-electron chi connectivity index (χ1n) is 10.4. The Labute approximate surface area is 174 Å². The van der Waals surface area contributed by atoms with Crippen LogP contribution in [0.2, 0.25) is 0 Å². The Morgan fingerprint density at radius 3 is 2.52 bits per heavy atom. The predicted octanol–water partition coefficient (Wildman–Crippen LogP) is 2.78. The number of urea groups is 1. The number of imide groups is 1. The van der Waals surface area contributed by atoms with Crippen LogP contribution in [0.25, 0.3) is 0 Å². The minimum Gasteiger partial charge on any atom is -0.473 e. The van der Waals surface area contributed by atoms with Gasteiger partial charge in [0.1, 0.15) is 17.2 Å². The van der Waals surface area contributed by atoms with Crippen LogP contribution in [0.5, 0.6) is 5.88 Å². The summed E-state index contributed by atoms with van der Waals surface area (Å²) in [5, 5.41) is 3.75. The molecule has 1 aliphatic heterocycles. The van der Waals surface area contributed by atoms with E-state index in [4.69, 9.17) is 10.5 Å². The molecule has 2 aliphatic carbocycles. The van der Waals surface area contributed by atoms with Gasteiger partial charge < -0.3 is 15.8 Å². The fraction of sp³-hybridized carbons (Fsp3) is 0.700. The molecular weight excluding hydrogens is 392 g/mol. The Kier molecular flexibility index (Phi) is 5.50. The maximum absolute atomic E-state index is 12.7. The summed E-state index contributed by atoms with van der Waals surface area (Å²) in [6.07, 6.45) is 5.53. The molecule has 158 valence electrons. The van der Waals surface area contributed by atoms with Gasteiger partial charge in [0.25, 0.3) is 11.8 Å². The molecule has 29 heavy (non-hydrogen) atoms. The van der Waals surface area contributed by atoms with E-state index < -0.39 is 11.9 Å². The summed E-state index contributed by atoms with van der Waals surface area (Å²) in [5.74, 6) is 0.502. The molecule has 2 heterocycles. The Morgan fingerprint density at radius 1 is 1.24 bits per heavy atom. The largest absolute Gasteiger partial charge is 0.473 e. The zero-order valence-electron chi connectivity index (χ0n) is 16.8. The number of nitrogens with one attached hydrogen (secondary N) is 1. The number of ether oxygens (including phenoxy) is 1. The maximum Gasteiger partial charge on any atom is 0.325 e. The molecule has 2 saturated carbocycles. The van der Waals surface area contributed by atoms with E-state index in [9.17, 15) is 14.4 Å². The van der Waals surface area contributed by atoms with Crippen LogP contribution in [0.1, 0.15) is 79.4 Å². The molecule has 1 aromatic heterocycles. The van der Waals surface area contributed by atoms with Crippen molar-refractivity contribution in [2.24, 2.45) is 11.7 Å². The summed E-state index contributed by atoms with van der Waals surface area (Å²) in [7, 11) is 0. The van der Waals surface area contributed by atoms with Crippen LogP contribution in [0.4, 0.5) is 4.79 Å². The highest BCUT2D eigenvalue weighted by Crippen LogP contribution is 2.44. The Hall–Kier alpha value is -2.16. The summed E-state index contributed by atoms with van der Waals surface area (Å²) in [6, 6.07) is -0.798. The number of primary amides is 1. The summed E-state index contributed by atoms with van der Waals surface area (Å²) in [4.78, 5) is 43.1. The molecule has 1 saturated heterocycles. The lowest BCUT2D eigenvalue weighted by molar-refractivity contribution is -0.130. The highest BCUT2D eigenvalue weighted by atomic mass is 32.1. The van der Waals surface area contributed by atoms with E-state index in [2.05, 4.69) is 10.3 Å². The molecule has 1 atom stereocenters. The average Bonchev–Trinajstić information content (AvgIpc) is 3.36. The van der Waals surface area contributed by atoms with Crippen molar-refractivity contribution in [3.8, 4) is 5.88 Å². The molecule has 3 N–H and O–H groups in total. The van der Waals surface area contributed by atoms with Gasteiger partial charge in [-0.3, -0.25) is 14.5 Å². The van der Waals surface area contributed by atoms with Gasteiger partial charge in [-0.25, -0.2) is 9.78 Å². The van der Waals surface area contributed by atoms with Crippen LogP contribution in [0, 0.1) is 5.92 Å². The number of nitrogens with zero attached hydrogens (tertiary/aromatic N) is 2. The molecule has 0 bridgehead atoms. The molecule has 0 radical (unpaired) electrons.